The molecule has 0 rings (SSSR count). The van der Waals surface area contributed by atoms with E-state index in [2.05, 4.69) is 0 Å². The number of rotatable bonds is 4. The zero-order valence-electron chi connectivity index (χ0n) is 4.84. The summed E-state index contributed by atoms with van der Waals surface area (Å²) in [4.78, 5) is 9.71. The molecule has 0 aliphatic rings. The van der Waals surface area contributed by atoms with Crippen LogP contribution in [0.25, 0.3) is 0 Å². The van der Waals surface area contributed by atoms with E-state index in [1.54, 1.807) is 0 Å². The summed E-state index contributed by atoms with van der Waals surface area (Å²) >= 11 is 0. The Morgan fingerprint density at radius 1 is 1.38 bits per heavy atom. The van der Waals surface area contributed by atoms with E-state index < -0.39 is 0 Å². The second-order valence-corrected chi connectivity index (χ2v) is 1.53. The molecule has 0 saturated carbocycles. The van der Waals surface area contributed by atoms with Crippen LogP contribution in [0.2, 0.25) is 0 Å². The Bertz CT molecular complexity index is 78.6. The standard InChI is InChI=1S/C6H11NO/c7-5-3-1-2-4-6-8/h3,5-6H,1-2,4,7H2/b5-3-. The predicted octanol–water partition coefficient (Wildman–Crippen LogP) is 0.828. The minimum Gasteiger partial charge on any atom is -0.405 e. The fraction of sp³-hybridized carbons (Fsp3) is 0.500. The molecular weight excluding hydrogens is 102 g/mol. The quantitative estimate of drug-likeness (QED) is 0.433. The van der Waals surface area contributed by atoms with Crippen LogP contribution >= 0.6 is 0 Å². The molecule has 2 nitrogen and oxygen atoms in total. The molecule has 2 N–H and O–H groups in total. The lowest BCUT2D eigenvalue weighted by Crippen LogP contribution is -1.77. The highest BCUT2D eigenvalue weighted by Crippen LogP contribution is 1.91. The van der Waals surface area contributed by atoms with Crippen molar-refractivity contribution in [2.75, 3.05) is 0 Å². The van der Waals surface area contributed by atoms with E-state index in [4.69, 9.17) is 5.73 Å². The molecule has 0 aliphatic carbocycles. The number of hydrogen-bond donors (Lipinski definition) is 1. The SMILES string of the molecule is N/C=C\CCCC=O. The van der Waals surface area contributed by atoms with Gasteiger partial charge in [0.05, 0.1) is 0 Å². The van der Waals surface area contributed by atoms with Crippen LogP contribution in [0.15, 0.2) is 12.3 Å². The van der Waals surface area contributed by atoms with E-state index in [0.717, 1.165) is 19.1 Å². The van der Waals surface area contributed by atoms with Gasteiger partial charge in [-0.15, -0.1) is 0 Å². The number of nitrogens with two attached hydrogens (primary N) is 1. The van der Waals surface area contributed by atoms with Crippen LogP contribution in [0.3, 0.4) is 0 Å². The monoisotopic (exact) mass is 113 g/mol. The van der Waals surface area contributed by atoms with Gasteiger partial charge in [-0.25, -0.2) is 0 Å². The summed E-state index contributed by atoms with van der Waals surface area (Å²) in [7, 11) is 0. The van der Waals surface area contributed by atoms with E-state index >= 15 is 0 Å². The van der Waals surface area contributed by atoms with Crippen LogP contribution < -0.4 is 5.73 Å². The Kier molecular flexibility index (Phi) is 5.60. The smallest absolute Gasteiger partial charge is 0.120 e. The summed E-state index contributed by atoms with van der Waals surface area (Å²) in [6, 6.07) is 0. The van der Waals surface area contributed by atoms with Crippen molar-refractivity contribution in [1.82, 2.24) is 0 Å². The van der Waals surface area contributed by atoms with Gasteiger partial charge in [0.25, 0.3) is 0 Å². The van der Waals surface area contributed by atoms with Crippen molar-refractivity contribution in [3.63, 3.8) is 0 Å². The lowest BCUT2D eigenvalue weighted by Gasteiger charge is -1.83. The van der Waals surface area contributed by atoms with Gasteiger partial charge in [0.2, 0.25) is 0 Å². The molecule has 0 bridgehead atoms. The third-order valence-electron chi connectivity index (χ3n) is 0.829. The lowest BCUT2D eigenvalue weighted by molar-refractivity contribution is -0.107. The molecule has 0 saturated heterocycles. The van der Waals surface area contributed by atoms with E-state index in [0.29, 0.717) is 6.42 Å². The first-order chi connectivity index (χ1) is 3.91. The molecule has 2 heteroatoms. The van der Waals surface area contributed by atoms with Crippen LogP contribution in [0.1, 0.15) is 19.3 Å². The zero-order chi connectivity index (χ0) is 6.24. The summed E-state index contributed by atoms with van der Waals surface area (Å²) in [6.07, 6.45) is 6.75. The first kappa shape index (κ1) is 7.21. The van der Waals surface area contributed by atoms with Gasteiger partial charge >= 0.3 is 0 Å². The Labute approximate surface area is 49.4 Å². The van der Waals surface area contributed by atoms with Gasteiger partial charge in [-0.05, 0) is 19.0 Å². The molecule has 0 spiro atoms. The zero-order valence-corrected chi connectivity index (χ0v) is 4.84. The molecular formula is C6H11NO. The minimum absolute atomic E-state index is 0.643. The summed E-state index contributed by atoms with van der Waals surface area (Å²) in [5, 5.41) is 0. The summed E-state index contributed by atoms with van der Waals surface area (Å²) in [5.41, 5.74) is 5.04. The first-order valence-electron chi connectivity index (χ1n) is 2.72. The van der Waals surface area contributed by atoms with E-state index in [1.807, 2.05) is 6.08 Å². The van der Waals surface area contributed by atoms with Gasteiger partial charge < -0.3 is 10.5 Å². The maximum absolute atomic E-state index is 9.71. The van der Waals surface area contributed by atoms with Crippen LogP contribution in [0.4, 0.5) is 0 Å². The molecule has 0 radical (unpaired) electrons. The van der Waals surface area contributed by atoms with Crippen molar-refractivity contribution in [1.29, 1.82) is 0 Å². The van der Waals surface area contributed by atoms with Gasteiger partial charge in [-0.1, -0.05) is 6.08 Å². The Morgan fingerprint density at radius 2 is 2.12 bits per heavy atom. The minimum atomic E-state index is 0.643. The first-order valence-corrected chi connectivity index (χ1v) is 2.72. The summed E-state index contributed by atoms with van der Waals surface area (Å²) in [5.74, 6) is 0. The molecule has 0 aromatic heterocycles. The number of allylic oxidation sites excluding steroid dienone is 1. The van der Waals surface area contributed by atoms with Gasteiger partial charge in [0.1, 0.15) is 6.29 Å². The molecule has 0 fully saturated rings. The Hall–Kier alpha value is -0.790. The topological polar surface area (TPSA) is 43.1 Å². The van der Waals surface area contributed by atoms with E-state index in [9.17, 15) is 4.79 Å². The fourth-order valence-electron chi connectivity index (χ4n) is 0.415. The molecule has 0 aliphatic heterocycles. The Morgan fingerprint density at radius 3 is 2.62 bits per heavy atom. The summed E-state index contributed by atoms with van der Waals surface area (Å²) < 4.78 is 0. The molecule has 8 heavy (non-hydrogen) atoms. The maximum atomic E-state index is 9.71. The van der Waals surface area contributed by atoms with Crippen molar-refractivity contribution in [3.05, 3.63) is 12.3 Å². The van der Waals surface area contributed by atoms with Crippen molar-refractivity contribution in [2.45, 2.75) is 19.3 Å². The van der Waals surface area contributed by atoms with Gasteiger partial charge in [-0.3, -0.25) is 0 Å². The van der Waals surface area contributed by atoms with E-state index in [-0.39, 0.29) is 0 Å². The summed E-state index contributed by atoms with van der Waals surface area (Å²) in [6.45, 7) is 0. The van der Waals surface area contributed by atoms with Gasteiger partial charge in [-0.2, -0.15) is 0 Å². The van der Waals surface area contributed by atoms with Crippen molar-refractivity contribution in [2.24, 2.45) is 5.73 Å². The predicted molar refractivity (Wildman–Crippen MR) is 33.2 cm³/mol. The number of carbonyl (C=O) groups is 1. The largest absolute Gasteiger partial charge is 0.405 e. The molecule has 0 atom stereocenters. The third-order valence-corrected chi connectivity index (χ3v) is 0.829. The molecule has 0 amide bonds. The van der Waals surface area contributed by atoms with Gasteiger partial charge in [0, 0.05) is 6.42 Å². The third kappa shape index (κ3) is 5.21. The normalized spacial score (nSPS) is 10.0. The Balaban J connectivity index is 2.82. The maximum Gasteiger partial charge on any atom is 0.120 e. The number of carbonyl (C=O) groups excluding carboxylic acids is 1. The van der Waals surface area contributed by atoms with Crippen LogP contribution in [0, 0.1) is 0 Å². The average Bonchev–Trinajstić information content (AvgIpc) is 1.81. The van der Waals surface area contributed by atoms with Crippen molar-refractivity contribution in [3.8, 4) is 0 Å². The highest BCUT2D eigenvalue weighted by molar-refractivity contribution is 5.48. The molecule has 0 aromatic rings. The molecule has 0 unspecified atom stereocenters. The van der Waals surface area contributed by atoms with Crippen LogP contribution in [-0.4, -0.2) is 6.29 Å². The van der Waals surface area contributed by atoms with Crippen LogP contribution in [-0.2, 0) is 4.79 Å². The second-order valence-electron chi connectivity index (χ2n) is 1.53. The molecule has 0 aromatic carbocycles. The van der Waals surface area contributed by atoms with Crippen molar-refractivity contribution >= 4 is 6.29 Å². The number of hydrogen-bond acceptors (Lipinski definition) is 2. The molecule has 46 valence electrons. The number of aldehydes is 1. The van der Waals surface area contributed by atoms with Gasteiger partial charge in [0.15, 0.2) is 0 Å². The van der Waals surface area contributed by atoms with Crippen molar-refractivity contribution < 1.29 is 4.79 Å². The lowest BCUT2D eigenvalue weighted by atomic mass is 10.2. The van der Waals surface area contributed by atoms with Crippen LogP contribution in [0.5, 0.6) is 0 Å². The molecule has 0 heterocycles. The highest BCUT2D eigenvalue weighted by atomic mass is 16.1. The fourth-order valence-corrected chi connectivity index (χ4v) is 0.415. The average molecular weight is 113 g/mol. The van der Waals surface area contributed by atoms with E-state index in [1.165, 1.54) is 6.20 Å². The number of unbranched alkanes of at least 4 members (excludes halogenated alkanes) is 2. The second kappa shape index (κ2) is 6.21. The highest BCUT2D eigenvalue weighted by Gasteiger charge is 1.78.